The molecule has 1 N–H and O–H groups in total. The van der Waals surface area contributed by atoms with E-state index in [0.717, 1.165) is 18.6 Å². The quantitative estimate of drug-likeness (QED) is 0.758. The van der Waals surface area contributed by atoms with Crippen molar-refractivity contribution in [2.24, 2.45) is 0 Å². The van der Waals surface area contributed by atoms with Crippen LogP contribution in [-0.4, -0.2) is 6.04 Å². The molecule has 76 valence electrons. The summed E-state index contributed by atoms with van der Waals surface area (Å²) in [5.74, 6) is 3.48. The molecular formula is C11H14ClNO. The lowest BCUT2D eigenvalue weighted by Gasteiger charge is -2.12. The van der Waals surface area contributed by atoms with Gasteiger partial charge in [0.15, 0.2) is 5.22 Å². The number of halogens is 1. The Bertz CT molecular complexity index is 313. The van der Waals surface area contributed by atoms with Crippen LogP contribution in [0.1, 0.15) is 25.5 Å². The average Bonchev–Trinajstić information content (AvgIpc) is 2.59. The molecule has 0 amide bonds. The molecule has 0 aliphatic rings. The van der Waals surface area contributed by atoms with E-state index < -0.39 is 0 Å². The lowest BCUT2D eigenvalue weighted by Crippen LogP contribution is -2.27. The molecule has 1 atom stereocenters. The maximum atomic E-state index is 5.64. The summed E-state index contributed by atoms with van der Waals surface area (Å²) in [5, 5.41) is 3.73. The molecule has 2 nitrogen and oxygen atoms in total. The number of nitrogens with one attached hydrogen (secondary N) is 1. The van der Waals surface area contributed by atoms with Crippen LogP contribution in [0.5, 0.6) is 0 Å². The number of hydrogen-bond acceptors (Lipinski definition) is 2. The van der Waals surface area contributed by atoms with Gasteiger partial charge in [0.05, 0.1) is 6.54 Å². The molecule has 0 aliphatic carbocycles. The van der Waals surface area contributed by atoms with Crippen molar-refractivity contribution in [2.45, 2.75) is 32.4 Å². The normalized spacial score (nSPS) is 12.4. The van der Waals surface area contributed by atoms with E-state index >= 15 is 0 Å². The molecule has 1 rings (SSSR count). The SMILES string of the molecule is C#CCC(CC)NCc1ccc(Cl)o1. The second-order valence-corrected chi connectivity index (χ2v) is 3.47. The Morgan fingerprint density at radius 3 is 2.93 bits per heavy atom. The first-order valence-corrected chi connectivity index (χ1v) is 5.05. The van der Waals surface area contributed by atoms with Crippen molar-refractivity contribution in [2.75, 3.05) is 0 Å². The van der Waals surface area contributed by atoms with E-state index in [1.165, 1.54) is 0 Å². The first kappa shape index (κ1) is 11.2. The molecule has 14 heavy (non-hydrogen) atoms. The van der Waals surface area contributed by atoms with Crippen LogP contribution in [0.2, 0.25) is 5.22 Å². The van der Waals surface area contributed by atoms with Gasteiger partial charge in [0.1, 0.15) is 5.76 Å². The van der Waals surface area contributed by atoms with Crippen LogP contribution in [0.15, 0.2) is 16.5 Å². The number of hydrogen-bond donors (Lipinski definition) is 1. The highest BCUT2D eigenvalue weighted by atomic mass is 35.5. The summed E-state index contributed by atoms with van der Waals surface area (Å²) < 4.78 is 5.21. The van der Waals surface area contributed by atoms with E-state index in [2.05, 4.69) is 18.2 Å². The molecule has 0 saturated heterocycles. The zero-order valence-electron chi connectivity index (χ0n) is 8.22. The minimum Gasteiger partial charge on any atom is -0.448 e. The third-order valence-corrected chi connectivity index (χ3v) is 2.25. The van der Waals surface area contributed by atoms with Gasteiger partial charge in [-0.25, -0.2) is 0 Å². The third kappa shape index (κ3) is 3.45. The van der Waals surface area contributed by atoms with Crippen molar-refractivity contribution in [3.63, 3.8) is 0 Å². The van der Waals surface area contributed by atoms with Gasteiger partial charge in [-0.2, -0.15) is 0 Å². The van der Waals surface area contributed by atoms with Crippen LogP contribution in [0, 0.1) is 12.3 Å². The lowest BCUT2D eigenvalue weighted by molar-refractivity contribution is 0.440. The Morgan fingerprint density at radius 1 is 1.64 bits per heavy atom. The van der Waals surface area contributed by atoms with Gasteiger partial charge in [-0.05, 0) is 30.2 Å². The van der Waals surface area contributed by atoms with Crippen LogP contribution in [0.25, 0.3) is 0 Å². The number of furan rings is 1. The minimum absolute atomic E-state index is 0.351. The van der Waals surface area contributed by atoms with E-state index in [1.807, 2.05) is 6.07 Å². The molecule has 1 unspecified atom stereocenters. The van der Waals surface area contributed by atoms with Crippen LogP contribution >= 0.6 is 11.6 Å². The zero-order valence-corrected chi connectivity index (χ0v) is 8.97. The fraction of sp³-hybridized carbons (Fsp3) is 0.455. The van der Waals surface area contributed by atoms with Gasteiger partial charge in [-0.1, -0.05) is 6.92 Å². The van der Waals surface area contributed by atoms with Crippen molar-refractivity contribution in [3.8, 4) is 12.3 Å². The van der Waals surface area contributed by atoms with Crippen molar-refractivity contribution >= 4 is 11.6 Å². The van der Waals surface area contributed by atoms with Gasteiger partial charge in [0.2, 0.25) is 0 Å². The summed E-state index contributed by atoms with van der Waals surface area (Å²) >= 11 is 5.64. The maximum absolute atomic E-state index is 5.64. The highest BCUT2D eigenvalue weighted by Gasteiger charge is 2.05. The Morgan fingerprint density at radius 2 is 2.43 bits per heavy atom. The highest BCUT2D eigenvalue weighted by Crippen LogP contribution is 2.13. The van der Waals surface area contributed by atoms with Crippen LogP contribution < -0.4 is 5.32 Å². The first-order chi connectivity index (χ1) is 6.76. The van der Waals surface area contributed by atoms with E-state index in [9.17, 15) is 0 Å². The smallest absolute Gasteiger partial charge is 0.193 e. The van der Waals surface area contributed by atoms with Crippen LogP contribution in [0.4, 0.5) is 0 Å². The Labute approximate surface area is 89.6 Å². The van der Waals surface area contributed by atoms with Crippen LogP contribution in [0.3, 0.4) is 0 Å². The summed E-state index contributed by atoms with van der Waals surface area (Å²) in [7, 11) is 0. The summed E-state index contributed by atoms with van der Waals surface area (Å²) in [6, 6.07) is 3.95. The molecule has 1 aromatic rings. The summed E-state index contributed by atoms with van der Waals surface area (Å²) in [6.07, 6.45) is 7.00. The third-order valence-electron chi connectivity index (χ3n) is 2.05. The fourth-order valence-electron chi connectivity index (χ4n) is 1.19. The van der Waals surface area contributed by atoms with Crippen molar-refractivity contribution in [1.29, 1.82) is 0 Å². The molecule has 0 fully saturated rings. The molecule has 1 heterocycles. The molecule has 1 aromatic heterocycles. The second-order valence-electron chi connectivity index (χ2n) is 3.10. The number of rotatable bonds is 5. The summed E-state index contributed by atoms with van der Waals surface area (Å²) in [6.45, 7) is 2.77. The van der Waals surface area contributed by atoms with Crippen molar-refractivity contribution in [1.82, 2.24) is 5.32 Å². The lowest BCUT2D eigenvalue weighted by atomic mass is 10.1. The van der Waals surface area contributed by atoms with Crippen LogP contribution in [-0.2, 0) is 6.54 Å². The predicted molar refractivity (Wildman–Crippen MR) is 58.1 cm³/mol. The van der Waals surface area contributed by atoms with Gasteiger partial charge in [0.25, 0.3) is 0 Å². The van der Waals surface area contributed by atoms with Crippen molar-refractivity contribution < 1.29 is 4.42 Å². The summed E-state index contributed by atoms with van der Waals surface area (Å²) in [4.78, 5) is 0. The summed E-state index contributed by atoms with van der Waals surface area (Å²) in [5.41, 5.74) is 0. The number of terminal acetylenes is 1. The Balaban J connectivity index is 2.36. The zero-order chi connectivity index (χ0) is 10.4. The second kappa shape index (κ2) is 5.74. The molecule has 3 heteroatoms. The van der Waals surface area contributed by atoms with Gasteiger partial charge < -0.3 is 9.73 Å². The van der Waals surface area contributed by atoms with Gasteiger partial charge in [-0.15, -0.1) is 12.3 Å². The molecule has 0 saturated carbocycles. The van der Waals surface area contributed by atoms with Crippen molar-refractivity contribution in [3.05, 3.63) is 23.1 Å². The topological polar surface area (TPSA) is 25.2 Å². The van der Waals surface area contributed by atoms with E-state index in [-0.39, 0.29) is 0 Å². The molecular weight excluding hydrogens is 198 g/mol. The minimum atomic E-state index is 0.351. The predicted octanol–water partition coefficient (Wildman–Crippen LogP) is 2.82. The van der Waals surface area contributed by atoms with Gasteiger partial charge in [-0.3, -0.25) is 0 Å². The monoisotopic (exact) mass is 211 g/mol. The first-order valence-electron chi connectivity index (χ1n) is 4.67. The average molecular weight is 212 g/mol. The Hall–Kier alpha value is -0.910. The van der Waals surface area contributed by atoms with Gasteiger partial charge >= 0.3 is 0 Å². The molecule has 0 aromatic carbocycles. The fourth-order valence-corrected chi connectivity index (χ4v) is 1.36. The van der Waals surface area contributed by atoms with E-state index in [4.69, 9.17) is 22.4 Å². The Kier molecular flexibility index (Phi) is 4.58. The molecule has 0 radical (unpaired) electrons. The highest BCUT2D eigenvalue weighted by molar-refractivity contribution is 6.28. The maximum Gasteiger partial charge on any atom is 0.193 e. The standard InChI is InChI=1S/C11H14ClNO/c1-3-5-9(4-2)13-8-10-6-7-11(12)14-10/h1,6-7,9,13H,4-5,8H2,2H3. The van der Waals surface area contributed by atoms with Gasteiger partial charge in [0, 0.05) is 12.5 Å². The van der Waals surface area contributed by atoms with E-state index in [0.29, 0.717) is 17.8 Å². The molecule has 0 spiro atoms. The largest absolute Gasteiger partial charge is 0.448 e. The molecule has 0 aliphatic heterocycles. The van der Waals surface area contributed by atoms with E-state index in [1.54, 1.807) is 6.07 Å². The molecule has 0 bridgehead atoms.